The molecule has 0 spiro atoms. The lowest BCUT2D eigenvalue weighted by Crippen LogP contribution is -2.30. The molecule has 13 heavy (non-hydrogen) atoms. The van der Waals surface area contributed by atoms with Crippen LogP contribution in [-0.2, 0) is 9.59 Å². The molecule has 0 unspecified atom stereocenters. The van der Waals surface area contributed by atoms with Crippen molar-refractivity contribution in [2.24, 2.45) is 4.99 Å². The average molecular weight is 179 g/mol. The summed E-state index contributed by atoms with van der Waals surface area (Å²) in [5.74, 6) is 1.08. The molecule has 2 N–H and O–H groups in total. The summed E-state index contributed by atoms with van der Waals surface area (Å²) in [5, 5.41) is 4.50. The van der Waals surface area contributed by atoms with Gasteiger partial charge in [-0.15, -0.1) is 6.42 Å². The lowest BCUT2D eigenvalue weighted by atomic mass is 10.1. The molecule has 1 aliphatic rings. The van der Waals surface area contributed by atoms with Gasteiger partial charge in [-0.3, -0.25) is 20.2 Å². The number of carbonyl (C=O) groups is 2. The van der Waals surface area contributed by atoms with Gasteiger partial charge in [0.1, 0.15) is 5.54 Å². The summed E-state index contributed by atoms with van der Waals surface area (Å²) in [6, 6.07) is 0. The van der Waals surface area contributed by atoms with Gasteiger partial charge < -0.3 is 0 Å². The first kappa shape index (κ1) is 9.26. The Morgan fingerprint density at radius 2 is 1.77 bits per heavy atom. The zero-order chi connectivity index (χ0) is 10.1. The fraction of sp³-hybridized carbons (Fsp3) is 0.375. The van der Waals surface area contributed by atoms with E-state index in [-0.39, 0.29) is 5.96 Å². The zero-order valence-corrected chi connectivity index (χ0v) is 7.34. The van der Waals surface area contributed by atoms with E-state index >= 15 is 0 Å². The Balaban J connectivity index is 2.83. The van der Waals surface area contributed by atoms with E-state index in [4.69, 9.17) is 6.42 Å². The Bertz CT molecular complexity index is 318. The molecule has 0 radical (unpaired) electrons. The zero-order valence-electron chi connectivity index (χ0n) is 7.34. The van der Waals surface area contributed by atoms with E-state index in [0.29, 0.717) is 0 Å². The van der Waals surface area contributed by atoms with Gasteiger partial charge in [-0.1, -0.05) is 5.92 Å². The molecule has 5 nitrogen and oxygen atoms in total. The van der Waals surface area contributed by atoms with Gasteiger partial charge in [0, 0.05) is 0 Å². The Hall–Kier alpha value is -1.83. The largest absolute Gasteiger partial charge is 0.316 e. The lowest BCUT2D eigenvalue weighted by Gasteiger charge is -2.11. The fourth-order valence-corrected chi connectivity index (χ4v) is 0.728. The van der Waals surface area contributed by atoms with E-state index in [2.05, 4.69) is 21.5 Å². The fourth-order valence-electron chi connectivity index (χ4n) is 0.728. The predicted octanol–water partition coefficient (Wildman–Crippen LogP) is -1.000. The number of rotatable bonds is 1. The van der Waals surface area contributed by atoms with E-state index in [0.717, 1.165) is 0 Å². The topological polar surface area (TPSA) is 70.6 Å². The summed E-state index contributed by atoms with van der Waals surface area (Å²) in [7, 11) is 0. The van der Waals surface area contributed by atoms with E-state index in [9.17, 15) is 9.59 Å². The van der Waals surface area contributed by atoms with Crippen molar-refractivity contribution in [1.82, 2.24) is 10.6 Å². The van der Waals surface area contributed by atoms with Crippen LogP contribution in [0.25, 0.3) is 0 Å². The van der Waals surface area contributed by atoms with Crippen LogP contribution in [0, 0.1) is 12.3 Å². The number of nitrogens with zero attached hydrogens (tertiary/aromatic N) is 1. The Morgan fingerprint density at radius 3 is 2.15 bits per heavy atom. The summed E-state index contributed by atoms with van der Waals surface area (Å²) < 4.78 is 0. The third kappa shape index (κ3) is 2.06. The minimum Gasteiger partial charge on any atom is -0.288 e. The van der Waals surface area contributed by atoms with Crippen molar-refractivity contribution in [1.29, 1.82) is 0 Å². The van der Waals surface area contributed by atoms with Crippen LogP contribution >= 0.6 is 0 Å². The monoisotopic (exact) mass is 179 g/mol. The third-order valence-corrected chi connectivity index (χ3v) is 1.41. The van der Waals surface area contributed by atoms with Crippen LogP contribution in [0.1, 0.15) is 13.8 Å². The van der Waals surface area contributed by atoms with E-state index < -0.39 is 17.4 Å². The second kappa shape index (κ2) is 2.90. The maximum Gasteiger partial charge on any atom is 0.316 e. The van der Waals surface area contributed by atoms with Crippen molar-refractivity contribution in [3.8, 4) is 12.3 Å². The molecule has 68 valence electrons. The molecule has 0 bridgehead atoms. The molecular formula is C8H9N3O2. The highest BCUT2D eigenvalue weighted by Crippen LogP contribution is 2.06. The molecule has 5 heteroatoms. The molecule has 0 aliphatic carbocycles. The number of carbonyl (C=O) groups excluding carboxylic acids is 2. The minimum absolute atomic E-state index is 0.109. The number of guanidine groups is 1. The highest BCUT2D eigenvalue weighted by atomic mass is 16.2. The minimum atomic E-state index is -0.736. The summed E-state index contributed by atoms with van der Waals surface area (Å²) in [5.41, 5.74) is -0.736. The van der Waals surface area contributed by atoms with Crippen molar-refractivity contribution >= 4 is 17.8 Å². The number of aliphatic imine (C=N–C) groups is 1. The van der Waals surface area contributed by atoms with Gasteiger partial charge in [-0.25, -0.2) is 4.99 Å². The van der Waals surface area contributed by atoms with E-state index in [1.54, 1.807) is 13.8 Å². The van der Waals surface area contributed by atoms with Crippen molar-refractivity contribution in [2.75, 3.05) is 0 Å². The van der Waals surface area contributed by atoms with Crippen LogP contribution < -0.4 is 10.6 Å². The van der Waals surface area contributed by atoms with Gasteiger partial charge in [0.15, 0.2) is 0 Å². The van der Waals surface area contributed by atoms with E-state index in [1.165, 1.54) is 0 Å². The van der Waals surface area contributed by atoms with Gasteiger partial charge in [-0.05, 0) is 13.8 Å². The van der Waals surface area contributed by atoms with Crippen molar-refractivity contribution in [3.63, 3.8) is 0 Å². The summed E-state index contributed by atoms with van der Waals surface area (Å²) in [6.45, 7) is 3.38. The SMILES string of the molecule is C#CC(C)(C)N=C1NC(=O)C(=O)N1. The highest BCUT2D eigenvalue weighted by molar-refractivity contribution is 6.45. The second-order valence-corrected chi connectivity index (χ2v) is 3.07. The molecule has 1 heterocycles. The maximum absolute atomic E-state index is 10.7. The molecule has 0 atom stereocenters. The summed E-state index contributed by atoms with van der Waals surface area (Å²) >= 11 is 0. The lowest BCUT2D eigenvalue weighted by molar-refractivity contribution is -0.135. The van der Waals surface area contributed by atoms with Gasteiger partial charge in [0.05, 0.1) is 0 Å². The van der Waals surface area contributed by atoms with Crippen LogP contribution in [0.4, 0.5) is 0 Å². The van der Waals surface area contributed by atoms with Gasteiger partial charge in [-0.2, -0.15) is 0 Å². The molecule has 1 fully saturated rings. The van der Waals surface area contributed by atoms with Gasteiger partial charge in [0.25, 0.3) is 0 Å². The Labute approximate surface area is 75.6 Å². The first-order valence-electron chi connectivity index (χ1n) is 3.64. The average Bonchev–Trinajstić information content (AvgIpc) is 2.30. The summed E-state index contributed by atoms with van der Waals surface area (Å²) in [4.78, 5) is 25.3. The molecular weight excluding hydrogens is 170 g/mol. The number of hydrogen-bond donors (Lipinski definition) is 2. The smallest absolute Gasteiger partial charge is 0.288 e. The van der Waals surface area contributed by atoms with Gasteiger partial charge >= 0.3 is 11.8 Å². The van der Waals surface area contributed by atoms with Crippen LogP contribution in [0.3, 0.4) is 0 Å². The van der Waals surface area contributed by atoms with Crippen LogP contribution in [0.5, 0.6) is 0 Å². The first-order valence-corrected chi connectivity index (χ1v) is 3.64. The van der Waals surface area contributed by atoms with Crippen molar-refractivity contribution < 1.29 is 9.59 Å². The predicted molar refractivity (Wildman–Crippen MR) is 46.6 cm³/mol. The quantitative estimate of drug-likeness (QED) is 0.400. The number of nitrogens with one attached hydrogen (secondary N) is 2. The molecule has 0 saturated carbocycles. The molecule has 0 aromatic carbocycles. The number of amides is 2. The molecule has 0 aromatic heterocycles. The van der Waals surface area contributed by atoms with Gasteiger partial charge in [0.2, 0.25) is 5.96 Å². The second-order valence-electron chi connectivity index (χ2n) is 3.07. The first-order chi connectivity index (χ1) is 5.94. The van der Waals surface area contributed by atoms with Crippen LogP contribution in [0.15, 0.2) is 4.99 Å². The Kier molecular flexibility index (Phi) is 2.07. The maximum atomic E-state index is 10.7. The normalized spacial score (nSPS) is 16.2. The number of hydrogen-bond acceptors (Lipinski definition) is 3. The Morgan fingerprint density at radius 1 is 1.31 bits per heavy atom. The van der Waals surface area contributed by atoms with E-state index in [1.807, 2.05) is 0 Å². The molecule has 0 aromatic rings. The highest BCUT2D eigenvalue weighted by Gasteiger charge is 2.27. The molecule has 2 amide bonds. The molecule has 1 saturated heterocycles. The van der Waals surface area contributed by atoms with Crippen LogP contribution in [0.2, 0.25) is 0 Å². The van der Waals surface area contributed by atoms with Crippen LogP contribution in [-0.4, -0.2) is 23.3 Å². The summed E-state index contributed by atoms with van der Waals surface area (Å²) in [6.07, 6.45) is 5.17. The molecule has 1 rings (SSSR count). The van der Waals surface area contributed by atoms with Crippen molar-refractivity contribution in [2.45, 2.75) is 19.4 Å². The number of terminal acetylenes is 1. The molecule has 1 aliphatic heterocycles. The third-order valence-electron chi connectivity index (χ3n) is 1.41. The van der Waals surface area contributed by atoms with Crippen molar-refractivity contribution in [3.05, 3.63) is 0 Å². The standard InChI is InChI=1S/C8H9N3O2/c1-4-8(2,3)11-7-9-5(12)6(13)10-7/h1H,2-3H3,(H2,9,10,11,12,13).